The summed E-state index contributed by atoms with van der Waals surface area (Å²) in [6, 6.07) is 8.01. The third-order valence-corrected chi connectivity index (χ3v) is 5.42. The summed E-state index contributed by atoms with van der Waals surface area (Å²) in [6.07, 6.45) is 2.90. The predicted octanol–water partition coefficient (Wildman–Crippen LogP) is 6.01. The van der Waals surface area contributed by atoms with Gasteiger partial charge in [-0.05, 0) is 13.0 Å². The van der Waals surface area contributed by atoms with Crippen LogP contribution in [-0.2, 0) is 0 Å². The molecule has 4 heterocycles. The number of halogens is 5. The quantitative estimate of drug-likeness (QED) is 0.163. The van der Waals surface area contributed by atoms with E-state index in [-0.39, 0.29) is 28.0 Å². The number of pyridine rings is 3. The molecule has 0 bridgehead atoms. The molecule has 0 aliphatic rings. The van der Waals surface area contributed by atoms with Crippen molar-refractivity contribution in [2.45, 2.75) is 26.9 Å². The zero-order valence-electron chi connectivity index (χ0n) is 21.0. The number of aryl methyl sites for hydroxylation is 1. The van der Waals surface area contributed by atoms with Gasteiger partial charge in [0.1, 0.15) is 22.6 Å². The van der Waals surface area contributed by atoms with Crippen LogP contribution in [0.25, 0.3) is 38.8 Å². The largest absolute Gasteiger partial charge is 0.482 e. The van der Waals surface area contributed by atoms with Gasteiger partial charge in [0.2, 0.25) is 0 Å². The first-order valence-corrected chi connectivity index (χ1v) is 12.2. The molecule has 38 heavy (non-hydrogen) atoms. The smallest absolute Gasteiger partial charge is 0.422 e. The Morgan fingerprint density at radius 2 is 1.74 bits per heavy atom. The van der Waals surface area contributed by atoms with E-state index in [2.05, 4.69) is 31.8 Å². The lowest BCUT2D eigenvalue weighted by atomic mass is 9.98. The number of rotatable bonds is 4. The standard InChI is InChI=1S/C23H15F4N5O2.C2H6.CH3Cl/c1-12-16(34-11-23(25,26)27)10-28-20-17(13-5-6-15(24)19-14(13)9-29-31-19)21(22(33)30-18(12)20)32-7-3-2-4-8-32;2*1-2/h2-10H,11H2,1H3,(H-,29,30,31,33);1-2H3;1H3/p+1. The number of fused-ring (bicyclic) bond motifs is 2. The SMILES string of the molecule is CC.CCl.Cc1c(OCC(F)(F)F)cnc2c(-c3ccc(F)c4[nH]ncc34)c(-[n+]3ccccc3)c(=O)[nH]c12. The van der Waals surface area contributed by atoms with E-state index in [0.29, 0.717) is 22.0 Å². The molecular formula is C26H25ClF4N5O2+. The molecule has 0 aliphatic heterocycles. The predicted molar refractivity (Wildman–Crippen MR) is 138 cm³/mol. The summed E-state index contributed by atoms with van der Waals surface area (Å²) in [6.45, 7) is 4.03. The molecule has 0 fully saturated rings. The van der Waals surface area contributed by atoms with E-state index in [9.17, 15) is 22.4 Å². The van der Waals surface area contributed by atoms with Crippen LogP contribution in [0.5, 0.6) is 5.75 Å². The molecule has 1 aromatic carbocycles. The van der Waals surface area contributed by atoms with E-state index >= 15 is 0 Å². The minimum Gasteiger partial charge on any atom is -0.482 e. The Hall–Kier alpha value is -3.99. The van der Waals surface area contributed by atoms with Crippen LogP contribution in [0.4, 0.5) is 17.6 Å². The van der Waals surface area contributed by atoms with E-state index in [1.165, 1.54) is 37.8 Å². The molecule has 0 aliphatic carbocycles. The average Bonchev–Trinajstić information content (AvgIpc) is 3.42. The van der Waals surface area contributed by atoms with Crippen molar-refractivity contribution < 1.29 is 26.9 Å². The Bertz CT molecular complexity index is 1600. The maximum Gasteiger partial charge on any atom is 0.422 e. The summed E-state index contributed by atoms with van der Waals surface area (Å²) in [5.74, 6) is -0.634. The zero-order chi connectivity index (χ0) is 28.0. The lowest BCUT2D eigenvalue weighted by molar-refractivity contribution is -0.596. The molecule has 4 aromatic heterocycles. The molecule has 7 nitrogen and oxygen atoms in total. The summed E-state index contributed by atoms with van der Waals surface area (Å²) in [7, 11) is 0. The number of alkyl halides is 4. The van der Waals surface area contributed by atoms with Gasteiger partial charge in [-0.1, -0.05) is 26.0 Å². The first-order valence-electron chi connectivity index (χ1n) is 11.5. The Labute approximate surface area is 220 Å². The number of aromatic nitrogens is 5. The van der Waals surface area contributed by atoms with Crippen LogP contribution in [-0.4, -0.2) is 39.3 Å². The maximum atomic E-state index is 14.4. The first kappa shape index (κ1) is 28.6. The molecule has 0 saturated carbocycles. The van der Waals surface area contributed by atoms with Gasteiger partial charge in [0.05, 0.1) is 23.5 Å². The van der Waals surface area contributed by atoms with E-state index in [4.69, 9.17) is 4.74 Å². The highest BCUT2D eigenvalue weighted by molar-refractivity contribution is 6.15. The van der Waals surface area contributed by atoms with Crippen LogP contribution in [0.1, 0.15) is 19.4 Å². The third kappa shape index (κ3) is 5.62. The molecule has 0 atom stereocenters. The van der Waals surface area contributed by atoms with Gasteiger partial charge in [0.15, 0.2) is 19.0 Å². The van der Waals surface area contributed by atoms with E-state index in [0.717, 1.165) is 0 Å². The fourth-order valence-electron chi connectivity index (χ4n) is 3.90. The average molecular weight is 551 g/mol. The van der Waals surface area contributed by atoms with Gasteiger partial charge in [0.25, 0.3) is 5.69 Å². The second-order valence-corrected chi connectivity index (χ2v) is 7.59. The molecule has 0 radical (unpaired) electrons. The van der Waals surface area contributed by atoms with Crippen LogP contribution in [0.2, 0.25) is 0 Å². The van der Waals surface area contributed by atoms with Crippen molar-refractivity contribution in [2.75, 3.05) is 13.0 Å². The number of nitrogens with zero attached hydrogens (tertiary/aromatic N) is 3. The lowest BCUT2D eigenvalue weighted by Crippen LogP contribution is -2.37. The Morgan fingerprint density at radius 1 is 1.05 bits per heavy atom. The fourth-order valence-corrected chi connectivity index (χ4v) is 3.90. The first-order chi connectivity index (χ1) is 18.2. The Morgan fingerprint density at radius 3 is 2.39 bits per heavy atom. The minimum absolute atomic E-state index is 0.112. The van der Waals surface area contributed by atoms with Gasteiger partial charge >= 0.3 is 11.7 Å². The van der Waals surface area contributed by atoms with Gasteiger partial charge in [-0.3, -0.25) is 9.89 Å². The van der Waals surface area contributed by atoms with E-state index < -0.39 is 24.2 Å². The molecule has 0 amide bonds. The number of nitrogens with one attached hydrogen (secondary N) is 2. The summed E-state index contributed by atoms with van der Waals surface area (Å²) in [5.41, 5.74) is 1.48. The molecule has 5 aromatic rings. The Balaban J connectivity index is 0.000000956. The molecule has 0 saturated heterocycles. The van der Waals surface area contributed by atoms with Crippen LogP contribution < -0.4 is 14.9 Å². The van der Waals surface area contributed by atoms with Crippen molar-refractivity contribution in [3.63, 3.8) is 0 Å². The number of hydrogen-bond acceptors (Lipinski definition) is 4. The highest BCUT2D eigenvalue weighted by Crippen LogP contribution is 2.36. The van der Waals surface area contributed by atoms with Crippen molar-refractivity contribution in [3.05, 3.63) is 76.9 Å². The second kappa shape index (κ2) is 12.0. The van der Waals surface area contributed by atoms with Crippen molar-refractivity contribution in [1.29, 1.82) is 0 Å². The summed E-state index contributed by atoms with van der Waals surface area (Å²) in [5, 5.41) is 6.95. The molecular weight excluding hydrogens is 526 g/mol. The summed E-state index contributed by atoms with van der Waals surface area (Å²) < 4.78 is 58.9. The highest BCUT2D eigenvalue weighted by atomic mass is 35.5. The Kier molecular flexibility index (Phi) is 9.05. The van der Waals surface area contributed by atoms with Gasteiger partial charge in [0, 0.05) is 35.0 Å². The van der Waals surface area contributed by atoms with Gasteiger partial charge < -0.3 is 9.72 Å². The summed E-state index contributed by atoms with van der Waals surface area (Å²) in [4.78, 5) is 20.4. The lowest BCUT2D eigenvalue weighted by Gasteiger charge is -2.15. The zero-order valence-corrected chi connectivity index (χ0v) is 21.7. The minimum atomic E-state index is -4.53. The van der Waals surface area contributed by atoms with Crippen molar-refractivity contribution in [3.8, 4) is 22.6 Å². The number of benzene rings is 1. The van der Waals surface area contributed by atoms with Crippen molar-refractivity contribution in [1.82, 2.24) is 20.2 Å². The number of H-pyrrole nitrogens is 2. The molecule has 0 unspecified atom stereocenters. The molecule has 0 spiro atoms. The monoisotopic (exact) mass is 550 g/mol. The normalized spacial score (nSPS) is 11.0. The van der Waals surface area contributed by atoms with Gasteiger partial charge in [-0.25, -0.2) is 9.37 Å². The third-order valence-electron chi connectivity index (χ3n) is 5.42. The van der Waals surface area contributed by atoms with Crippen LogP contribution in [0, 0.1) is 12.7 Å². The molecule has 5 rings (SSSR count). The van der Waals surface area contributed by atoms with Crippen molar-refractivity contribution >= 4 is 33.5 Å². The topological polar surface area (TPSA) is 87.5 Å². The van der Waals surface area contributed by atoms with E-state index in [1.54, 1.807) is 35.2 Å². The van der Waals surface area contributed by atoms with E-state index in [1.807, 2.05) is 13.8 Å². The maximum absolute atomic E-state index is 14.4. The highest BCUT2D eigenvalue weighted by Gasteiger charge is 2.30. The molecule has 2 N–H and O–H groups in total. The van der Waals surface area contributed by atoms with Crippen molar-refractivity contribution in [2.24, 2.45) is 0 Å². The van der Waals surface area contributed by atoms with Crippen LogP contribution in [0.15, 0.2) is 59.9 Å². The summed E-state index contributed by atoms with van der Waals surface area (Å²) >= 11 is 4.64. The van der Waals surface area contributed by atoms with Crippen LogP contribution >= 0.6 is 11.6 Å². The number of hydrogen-bond donors (Lipinski definition) is 2. The van der Waals surface area contributed by atoms with Gasteiger partial charge in [-0.15, -0.1) is 11.6 Å². The van der Waals surface area contributed by atoms with Gasteiger partial charge in [-0.2, -0.15) is 22.8 Å². The molecule has 12 heteroatoms. The second-order valence-electron chi connectivity index (χ2n) is 7.59. The number of ether oxygens (including phenoxy) is 1. The van der Waals surface area contributed by atoms with Crippen LogP contribution in [0.3, 0.4) is 0 Å². The fraction of sp³-hybridized carbons (Fsp3) is 0.231. The number of aromatic amines is 2. The molecule has 200 valence electrons.